The van der Waals surface area contributed by atoms with Crippen molar-refractivity contribution in [2.75, 3.05) is 18.0 Å². The van der Waals surface area contributed by atoms with E-state index in [0.29, 0.717) is 27.7 Å². The zero-order valence-electron chi connectivity index (χ0n) is 20.9. The molecule has 5 rings (SSSR count). The van der Waals surface area contributed by atoms with Gasteiger partial charge >= 0.3 is 4.87 Å². The maximum absolute atomic E-state index is 13.2. The van der Waals surface area contributed by atoms with Gasteiger partial charge < -0.3 is 4.90 Å². The number of nitrogens with zero attached hydrogens (tertiary/aromatic N) is 2. The maximum atomic E-state index is 13.2. The number of hydrogen-bond acceptors (Lipinski definition) is 5. The second kappa shape index (κ2) is 10.6. The predicted molar refractivity (Wildman–Crippen MR) is 152 cm³/mol. The van der Waals surface area contributed by atoms with Crippen LogP contribution in [0.1, 0.15) is 43.9 Å². The summed E-state index contributed by atoms with van der Waals surface area (Å²) in [4.78, 5) is 15.1. The third kappa shape index (κ3) is 5.77. The fourth-order valence-corrected chi connectivity index (χ4v) is 7.29. The van der Waals surface area contributed by atoms with Crippen LogP contribution in [0.5, 0.6) is 0 Å². The molecule has 1 fully saturated rings. The highest BCUT2D eigenvalue weighted by molar-refractivity contribution is 7.89. The molecule has 0 radical (unpaired) electrons. The van der Waals surface area contributed by atoms with Crippen molar-refractivity contribution < 1.29 is 8.42 Å². The van der Waals surface area contributed by atoms with Crippen molar-refractivity contribution >= 4 is 48.9 Å². The van der Waals surface area contributed by atoms with E-state index in [1.54, 1.807) is 34.9 Å². The van der Waals surface area contributed by atoms with E-state index >= 15 is 0 Å². The van der Waals surface area contributed by atoms with Crippen LogP contribution in [0, 0.1) is 5.92 Å². The Morgan fingerprint density at radius 3 is 2.51 bits per heavy atom. The van der Waals surface area contributed by atoms with Crippen molar-refractivity contribution in [2.45, 2.75) is 44.2 Å². The number of piperidine rings is 1. The summed E-state index contributed by atoms with van der Waals surface area (Å²) in [5, 5.41) is 0.635. The van der Waals surface area contributed by atoms with Gasteiger partial charge in [0.25, 0.3) is 0 Å². The first kappa shape index (κ1) is 26.0. The lowest BCUT2D eigenvalue weighted by molar-refractivity contribution is 0.447. The standard InChI is InChI=1S/C28H30ClN3O3S2/c1-19-4-3-15-31(17-19)24-11-7-22(8-12-24)20(2)30-37(34,35)25-13-14-26-27(16-25)36-28(33)32(26)18-21-5-9-23(29)10-6-21/h5-14,16,19-20,30H,3-4,15,17-18H2,1-2H3/t19-,20-/m0/s1. The highest BCUT2D eigenvalue weighted by Gasteiger charge is 2.21. The highest BCUT2D eigenvalue weighted by atomic mass is 35.5. The van der Waals surface area contributed by atoms with Crippen LogP contribution in [0.2, 0.25) is 5.02 Å². The van der Waals surface area contributed by atoms with Crippen molar-refractivity contribution in [3.63, 3.8) is 0 Å². The first-order valence-electron chi connectivity index (χ1n) is 12.4. The summed E-state index contributed by atoms with van der Waals surface area (Å²) in [7, 11) is -3.78. The SMILES string of the molecule is C[C@H]1CCCN(c2ccc([C@H](C)NS(=O)(=O)c3ccc4c(c3)sc(=O)n4Cc3ccc(Cl)cc3)cc2)C1. The van der Waals surface area contributed by atoms with Gasteiger partial charge in [0.15, 0.2) is 0 Å². The molecule has 2 heterocycles. The van der Waals surface area contributed by atoms with Crippen LogP contribution in [-0.2, 0) is 16.6 Å². The monoisotopic (exact) mass is 555 g/mol. The van der Waals surface area contributed by atoms with Gasteiger partial charge in [0, 0.05) is 29.8 Å². The smallest absolute Gasteiger partial charge is 0.308 e. The summed E-state index contributed by atoms with van der Waals surface area (Å²) in [6.45, 7) is 6.63. The molecule has 2 atom stereocenters. The molecule has 4 aromatic rings. The Bertz CT molecular complexity index is 1560. The second-order valence-electron chi connectivity index (χ2n) is 9.84. The van der Waals surface area contributed by atoms with Gasteiger partial charge in [-0.3, -0.25) is 9.36 Å². The predicted octanol–water partition coefficient (Wildman–Crippen LogP) is 6.04. The molecular weight excluding hydrogens is 526 g/mol. The average molecular weight is 556 g/mol. The Morgan fingerprint density at radius 2 is 1.81 bits per heavy atom. The lowest BCUT2D eigenvalue weighted by Crippen LogP contribution is -2.34. The molecule has 0 saturated carbocycles. The van der Waals surface area contributed by atoms with Crippen LogP contribution < -0.4 is 14.5 Å². The first-order valence-corrected chi connectivity index (χ1v) is 15.1. The number of aromatic nitrogens is 1. The maximum Gasteiger partial charge on any atom is 0.308 e. The number of benzene rings is 3. The van der Waals surface area contributed by atoms with Gasteiger partial charge in [-0.05, 0) is 79.3 Å². The molecule has 1 aliphatic heterocycles. The molecule has 0 spiro atoms. The minimum absolute atomic E-state index is 0.135. The number of rotatable bonds is 7. The summed E-state index contributed by atoms with van der Waals surface area (Å²) >= 11 is 7.01. The Morgan fingerprint density at radius 1 is 1.08 bits per heavy atom. The second-order valence-corrected chi connectivity index (χ2v) is 13.0. The molecule has 0 amide bonds. The van der Waals surface area contributed by atoms with Gasteiger partial charge in [-0.25, -0.2) is 13.1 Å². The normalized spacial score (nSPS) is 17.3. The number of nitrogens with one attached hydrogen (secondary N) is 1. The number of hydrogen-bond donors (Lipinski definition) is 1. The van der Waals surface area contributed by atoms with Crippen LogP contribution in [0.3, 0.4) is 0 Å². The summed E-state index contributed by atoms with van der Waals surface area (Å²) < 4.78 is 31.5. The van der Waals surface area contributed by atoms with Crippen LogP contribution in [-0.4, -0.2) is 26.1 Å². The molecular formula is C28H30ClN3O3S2. The van der Waals surface area contributed by atoms with E-state index in [-0.39, 0.29) is 9.77 Å². The third-order valence-corrected chi connectivity index (χ3v) is 9.68. The minimum Gasteiger partial charge on any atom is -0.371 e. The fraction of sp³-hybridized carbons (Fsp3) is 0.321. The number of anilines is 1. The van der Waals surface area contributed by atoms with Crippen molar-refractivity contribution in [3.05, 3.63) is 92.5 Å². The van der Waals surface area contributed by atoms with Crippen LogP contribution >= 0.6 is 22.9 Å². The molecule has 0 bridgehead atoms. The van der Waals surface area contributed by atoms with E-state index < -0.39 is 16.1 Å². The summed E-state index contributed by atoms with van der Waals surface area (Å²) in [6, 6.07) is 19.9. The van der Waals surface area contributed by atoms with Gasteiger partial charge in [-0.2, -0.15) is 0 Å². The van der Waals surface area contributed by atoms with Crippen LogP contribution in [0.15, 0.2) is 76.4 Å². The summed E-state index contributed by atoms with van der Waals surface area (Å²) in [5.41, 5.74) is 3.73. The van der Waals surface area contributed by atoms with Gasteiger partial charge in [-0.15, -0.1) is 0 Å². The number of fused-ring (bicyclic) bond motifs is 1. The Hall–Kier alpha value is -2.65. The topological polar surface area (TPSA) is 71.4 Å². The van der Waals surface area contributed by atoms with E-state index in [9.17, 15) is 13.2 Å². The first-order chi connectivity index (χ1) is 17.7. The minimum atomic E-state index is -3.78. The fourth-order valence-electron chi connectivity index (χ4n) is 4.90. The van der Waals surface area contributed by atoms with Crippen LogP contribution in [0.25, 0.3) is 10.2 Å². The molecule has 6 nitrogen and oxygen atoms in total. The zero-order chi connectivity index (χ0) is 26.2. The van der Waals surface area contributed by atoms with E-state index in [1.807, 2.05) is 31.2 Å². The average Bonchev–Trinajstić information content (AvgIpc) is 3.19. The van der Waals surface area contributed by atoms with Gasteiger partial charge in [0.1, 0.15) is 0 Å². The Kier molecular flexibility index (Phi) is 7.45. The molecule has 0 aliphatic carbocycles. The van der Waals surface area contributed by atoms with E-state index in [4.69, 9.17) is 11.6 Å². The molecule has 194 valence electrons. The summed E-state index contributed by atoms with van der Waals surface area (Å²) in [6.07, 6.45) is 2.46. The van der Waals surface area contributed by atoms with Gasteiger partial charge in [0.05, 0.1) is 21.7 Å². The molecule has 9 heteroatoms. The lowest BCUT2D eigenvalue weighted by atomic mass is 9.99. The van der Waals surface area contributed by atoms with E-state index in [2.05, 4.69) is 28.7 Å². The molecule has 1 aromatic heterocycles. The van der Waals surface area contributed by atoms with E-state index in [1.165, 1.54) is 18.5 Å². The Labute approximate surface area is 226 Å². The summed E-state index contributed by atoms with van der Waals surface area (Å²) in [5.74, 6) is 0.685. The van der Waals surface area contributed by atoms with Gasteiger partial charge in [0.2, 0.25) is 10.0 Å². The number of sulfonamides is 1. The number of halogens is 1. The highest BCUT2D eigenvalue weighted by Crippen LogP contribution is 2.27. The van der Waals surface area contributed by atoms with Crippen molar-refractivity contribution in [1.29, 1.82) is 0 Å². The zero-order valence-corrected chi connectivity index (χ0v) is 23.2. The van der Waals surface area contributed by atoms with Gasteiger partial charge in [-0.1, -0.05) is 54.1 Å². The molecule has 37 heavy (non-hydrogen) atoms. The van der Waals surface area contributed by atoms with Crippen molar-refractivity contribution in [2.24, 2.45) is 5.92 Å². The number of thiazole rings is 1. The quantitative estimate of drug-likeness (QED) is 0.302. The van der Waals surface area contributed by atoms with Crippen molar-refractivity contribution in [1.82, 2.24) is 9.29 Å². The third-order valence-electron chi connectivity index (χ3n) is 6.95. The molecule has 1 N–H and O–H groups in total. The Balaban J connectivity index is 1.32. The molecule has 0 unspecified atom stereocenters. The lowest BCUT2D eigenvalue weighted by Gasteiger charge is -2.33. The molecule has 1 saturated heterocycles. The van der Waals surface area contributed by atoms with Crippen molar-refractivity contribution in [3.8, 4) is 0 Å². The molecule has 1 aliphatic rings. The van der Waals surface area contributed by atoms with Crippen LogP contribution in [0.4, 0.5) is 5.69 Å². The largest absolute Gasteiger partial charge is 0.371 e. The molecule has 3 aromatic carbocycles. The van der Waals surface area contributed by atoms with E-state index in [0.717, 1.165) is 35.6 Å².